The number of aryl methyl sites for hydroxylation is 1. The van der Waals surface area contributed by atoms with Crippen molar-refractivity contribution in [2.75, 3.05) is 0 Å². The highest BCUT2D eigenvalue weighted by molar-refractivity contribution is 7.12. The molecule has 0 aliphatic heterocycles. The second-order valence-electron chi connectivity index (χ2n) is 7.83. The van der Waals surface area contributed by atoms with Gasteiger partial charge in [-0.15, -0.1) is 11.3 Å². The second kappa shape index (κ2) is 7.73. The van der Waals surface area contributed by atoms with Crippen LogP contribution in [0.5, 0.6) is 0 Å². The van der Waals surface area contributed by atoms with Gasteiger partial charge in [-0.25, -0.2) is 4.98 Å². The maximum absolute atomic E-state index is 4.77. The monoisotopic (exact) mass is 310 g/mol. The fraction of sp³-hybridized carbons (Fsp3) is 0.833. The van der Waals surface area contributed by atoms with Crippen LogP contribution in [0.4, 0.5) is 0 Å². The fourth-order valence-electron chi connectivity index (χ4n) is 2.55. The van der Waals surface area contributed by atoms with Gasteiger partial charge in [0.15, 0.2) is 0 Å². The van der Waals surface area contributed by atoms with Crippen molar-refractivity contribution >= 4 is 11.3 Å². The lowest BCUT2D eigenvalue weighted by Crippen LogP contribution is -2.28. The van der Waals surface area contributed by atoms with E-state index in [-0.39, 0.29) is 5.41 Å². The van der Waals surface area contributed by atoms with Gasteiger partial charge < -0.3 is 5.32 Å². The van der Waals surface area contributed by atoms with Crippen LogP contribution in [0.25, 0.3) is 0 Å². The fourth-order valence-corrected chi connectivity index (χ4v) is 3.68. The van der Waals surface area contributed by atoms with Crippen LogP contribution in [0.3, 0.4) is 0 Å². The van der Waals surface area contributed by atoms with Gasteiger partial charge in [-0.2, -0.15) is 0 Å². The lowest BCUT2D eigenvalue weighted by Gasteiger charge is -2.20. The maximum atomic E-state index is 4.77. The predicted molar refractivity (Wildman–Crippen MR) is 95.3 cm³/mol. The Hall–Kier alpha value is -0.410. The molecule has 0 bridgehead atoms. The summed E-state index contributed by atoms with van der Waals surface area (Å²) in [4.78, 5) is 6.17. The minimum Gasteiger partial charge on any atom is -0.307 e. The van der Waals surface area contributed by atoms with Crippen LogP contribution in [0.2, 0.25) is 0 Å². The van der Waals surface area contributed by atoms with E-state index < -0.39 is 0 Å². The molecule has 21 heavy (non-hydrogen) atoms. The molecule has 1 heterocycles. The summed E-state index contributed by atoms with van der Waals surface area (Å²) in [5, 5.41) is 4.99. The van der Waals surface area contributed by atoms with Crippen LogP contribution in [-0.2, 0) is 5.41 Å². The Kier molecular flexibility index (Phi) is 6.86. The number of thiazole rings is 1. The molecule has 122 valence electrons. The van der Waals surface area contributed by atoms with Gasteiger partial charge in [-0.1, -0.05) is 47.5 Å². The highest BCUT2D eigenvalue weighted by Gasteiger charge is 2.22. The molecular formula is C18H34N2S. The molecule has 0 saturated heterocycles. The normalized spacial score (nSPS) is 15.5. The Labute approximate surface area is 135 Å². The molecule has 0 amide bonds. The van der Waals surface area contributed by atoms with Gasteiger partial charge >= 0.3 is 0 Å². The molecule has 2 unspecified atom stereocenters. The summed E-state index contributed by atoms with van der Waals surface area (Å²) in [6.45, 7) is 18.0. The lowest BCUT2D eigenvalue weighted by atomic mass is 9.98. The first-order chi connectivity index (χ1) is 9.61. The van der Waals surface area contributed by atoms with Crippen LogP contribution in [0.15, 0.2) is 0 Å². The quantitative estimate of drug-likeness (QED) is 0.707. The molecule has 1 aromatic heterocycles. The Balaban J connectivity index is 2.59. The first-order valence-corrected chi connectivity index (χ1v) is 9.16. The van der Waals surface area contributed by atoms with Gasteiger partial charge in [0, 0.05) is 22.4 Å². The number of aromatic nitrogens is 1. The van der Waals surface area contributed by atoms with E-state index in [2.05, 4.69) is 60.7 Å². The van der Waals surface area contributed by atoms with Crippen molar-refractivity contribution in [3.63, 3.8) is 0 Å². The molecule has 0 spiro atoms. The third kappa shape index (κ3) is 6.07. The van der Waals surface area contributed by atoms with Crippen molar-refractivity contribution in [1.29, 1.82) is 0 Å². The van der Waals surface area contributed by atoms with E-state index in [1.54, 1.807) is 0 Å². The molecule has 0 radical (unpaired) electrons. The summed E-state index contributed by atoms with van der Waals surface area (Å²) in [6, 6.07) is 0.964. The minimum atomic E-state index is 0.149. The maximum Gasteiger partial charge on any atom is 0.0985 e. The summed E-state index contributed by atoms with van der Waals surface area (Å²) in [5.41, 5.74) is 1.34. The molecule has 0 aliphatic rings. The Morgan fingerprint density at radius 3 is 2.19 bits per heavy atom. The zero-order valence-electron chi connectivity index (χ0n) is 15.2. The average molecular weight is 311 g/mol. The summed E-state index contributed by atoms with van der Waals surface area (Å²) in [5.74, 6) is 0.813. The van der Waals surface area contributed by atoms with Crippen LogP contribution in [-0.4, -0.2) is 11.0 Å². The topological polar surface area (TPSA) is 24.9 Å². The molecular weight excluding hydrogens is 276 g/mol. The number of hydrogen-bond donors (Lipinski definition) is 1. The van der Waals surface area contributed by atoms with Gasteiger partial charge in [0.2, 0.25) is 0 Å². The van der Waals surface area contributed by atoms with E-state index in [4.69, 9.17) is 4.98 Å². The van der Waals surface area contributed by atoms with Crippen molar-refractivity contribution in [2.45, 2.75) is 92.2 Å². The highest BCUT2D eigenvalue weighted by Crippen LogP contribution is 2.32. The smallest absolute Gasteiger partial charge is 0.0985 e. The van der Waals surface area contributed by atoms with Gasteiger partial charge in [0.25, 0.3) is 0 Å². The molecule has 0 aliphatic carbocycles. The average Bonchev–Trinajstić information content (AvgIpc) is 2.70. The lowest BCUT2D eigenvalue weighted by molar-refractivity contribution is 0.425. The SMILES string of the molecule is Cc1nc(C(C)(C)C)sc1C(C)NC(C)CCCC(C)C. The zero-order valence-corrected chi connectivity index (χ0v) is 16.0. The van der Waals surface area contributed by atoms with Gasteiger partial charge in [0.1, 0.15) is 0 Å². The van der Waals surface area contributed by atoms with Gasteiger partial charge in [-0.05, 0) is 33.1 Å². The summed E-state index contributed by atoms with van der Waals surface area (Å²) >= 11 is 1.87. The Morgan fingerprint density at radius 1 is 1.10 bits per heavy atom. The van der Waals surface area contributed by atoms with E-state index in [1.165, 1.54) is 34.8 Å². The summed E-state index contributed by atoms with van der Waals surface area (Å²) < 4.78 is 0. The first-order valence-electron chi connectivity index (χ1n) is 8.35. The highest BCUT2D eigenvalue weighted by atomic mass is 32.1. The van der Waals surface area contributed by atoms with E-state index in [1.807, 2.05) is 11.3 Å². The van der Waals surface area contributed by atoms with E-state index in [9.17, 15) is 0 Å². The largest absolute Gasteiger partial charge is 0.307 e. The number of nitrogens with one attached hydrogen (secondary N) is 1. The Bertz CT molecular complexity index is 429. The zero-order chi connectivity index (χ0) is 16.2. The third-order valence-electron chi connectivity index (χ3n) is 3.82. The minimum absolute atomic E-state index is 0.149. The van der Waals surface area contributed by atoms with Crippen molar-refractivity contribution in [2.24, 2.45) is 5.92 Å². The number of rotatable bonds is 7. The molecule has 3 heteroatoms. The van der Waals surface area contributed by atoms with Crippen molar-refractivity contribution in [3.05, 3.63) is 15.6 Å². The molecule has 0 aromatic carbocycles. The van der Waals surface area contributed by atoms with E-state index in [0.717, 1.165) is 5.92 Å². The predicted octanol–water partition coefficient (Wildman–Crippen LogP) is 5.61. The molecule has 0 fully saturated rings. The van der Waals surface area contributed by atoms with Gasteiger partial charge in [-0.3, -0.25) is 0 Å². The standard InChI is InChI=1S/C18H34N2S/c1-12(2)10-9-11-13(3)19-14(4)16-15(5)20-17(21-16)18(6,7)8/h12-14,19H,9-11H2,1-8H3. The Morgan fingerprint density at radius 2 is 1.71 bits per heavy atom. The number of nitrogens with zero attached hydrogens (tertiary/aromatic N) is 1. The van der Waals surface area contributed by atoms with Crippen molar-refractivity contribution in [3.8, 4) is 0 Å². The van der Waals surface area contributed by atoms with Crippen molar-refractivity contribution in [1.82, 2.24) is 10.3 Å². The van der Waals surface area contributed by atoms with Crippen LogP contribution >= 0.6 is 11.3 Å². The molecule has 1 aromatic rings. The summed E-state index contributed by atoms with van der Waals surface area (Å²) in [7, 11) is 0. The van der Waals surface area contributed by atoms with Crippen LogP contribution in [0.1, 0.15) is 89.3 Å². The number of hydrogen-bond acceptors (Lipinski definition) is 3. The van der Waals surface area contributed by atoms with E-state index in [0.29, 0.717) is 12.1 Å². The summed E-state index contributed by atoms with van der Waals surface area (Å²) in [6.07, 6.45) is 3.90. The molecule has 1 rings (SSSR count). The molecule has 2 nitrogen and oxygen atoms in total. The molecule has 1 N–H and O–H groups in total. The van der Waals surface area contributed by atoms with Crippen LogP contribution < -0.4 is 5.32 Å². The van der Waals surface area contributed by atoms with Crippen LogP contribution in [0, 0.1) is 12.8 Å². The van der Waals surface area contributed by atoms with Gasteiger partial charge in [0.05, 0.1) is 10.7 Å². The third-order valence-corrected chi connectivity index (χ3v) is 5.59. The second-order valence-corrected chi connectivity index (χ2v) is 8.86. The van der Waals surface area contributed by atoms with Crippen molar-refractivity contribution < 1.29 is 0 Å². The first kappa shape index (κ1) is 18.6. The molecule has 2 atom stereocenters. The van der Waals surface area contributed by atoms with E-state index >= 15 is 0 Å². The molecule has 0 saturated carbocycles.